The maximum Gasteiger partial charge on any atom is 0.323 e. The number of carbonyl (C=O) groups is 3. The zero-order valence-electron chi connectivity index (χ0n) is 9.37. The van der Waals surface area contributed by atoms with Crippen LogP contribution >= 0.6 is 23.1 Å². The van der Waals surface area contributed by atoms with Crippen LogP contribution in [0, 0.1) is 0 Å². The van der Waals surface area contributed by atoms with Gasteiger partial charge in [0.05, 0.1) is 10.1 Å². The highest BCUT2D eigenvalue weighted by molar-refractivity contribution is 8.15. The summed E-state index contributed by atoms with van der Waals surface area (Å²) in [5, 5.41) is 9.88. The normalized spacial score (nSPS) is 19.2. The molecule has 0 aromatic carbocycles. The number of thiophene rings is 1. The predicted octanol–water partition coefficient (Wildman–Crippen LogP) is 1.31. The highest BCUT2D eigenvalue weighted by Gasteiger charge is 2.34. The van der Waals surface area contributed by atoms with Gasteiger partial charge in [-0.05, 0) is 17.9 Å². The number of hydrogen-bond donors (Lipinski definition) is 1. The number of nitrogens with zero attached hydrogens (tertiary/aromatic N) is 1. The SMILES string of the molecule is O=C(O)CN1CCC(SC(=O)c2cccs2)C1=O. The summed E-state index contributed by atoms with van der Waals surface area (Å²) in [6.07, 6.45) is 0.522. The molecule has 1 amide bonds. The van der Waals surface area contributed by atoms with Gasteiger partial charge in [0.15, 0.2) is 0 Å². The largest absolute Gasteiger partial charge is 0.480 e. The second-order valence-electron chi connectivity index (χ2n) is 3.81. The third-order valence-corrected chi connectivity index (χ3v) is 4.70. The van der Waals surface area contributed by atoms with Crippen LogP contribution in [0.2, 0.25) is 0 Å². The second-order valence-corrected chi connectivity index (χ2v) is 5.94. The Morgan fingerprint density at radius 2 is 2.33 bits per heavy atom. The van der Waals surface area contributed by atoms with E-state index in [1.54, 1.807) is 17.5 Å². The van der Waals surface area contributed by atoms with E-state index in [0.717, 1.165) is 11.8 Å². The quantitative estimate of drug-likeness (QED) is 0.902. The van der Waals surface area contributed by atoms with Gasteiger partial charge in [0.1, 0.15) is 6.54 Å². The van der Waals surface area contributed by atoms with E-state index in [1.807, 2.05) is 0 Å². The van der Waals surface area contributed by atoms with Gasteiger partial charge in [0.25, 0.3) is 0 Å². The van der Waals surface area contributed by atoms with Gasteiger partial charge in [-0.15, -0.1) is 11.3 Å². The van der Waals surface area contributed by atoms with E-state index in [-0.39, 0.29) is 17.6 Å². The van der Waals surface area contributed by atoms with Crippen molar-refractivity contribution in [2.45, 2.75) is 11.7 Å². The van der Waals surface area contributed by atoms with Crippen LogP contribution in [-0.4, -0.2) is 45.3 Å². The van der Waals surface area contributed by atoms with Gasteiger partial charge in [-0.25, -0.2) is 0 Å². The molecule has 1 aromatic rings. The first-order valence-electron chi connectivity index (χ1n) is 5.33. The van der Waals surface area contributed by atoms with Crippen molar-refractivity contribution < 1.29 is 19.5 Å². The number of rotatable bonds is 4. The molecule has 0 aliphatic carbocycles. The molecule has 1 aliphatic heterocycles. The predicted molar refractivity (Wildman–Crippen MR) is 68.9 cm³/mol. The molecule has 2 heterocycles. The van der Waals surface area contributed by atoms with Gasteiger partial charge >= 0.3 is 5.97 Å². The molecule has 0 spiro atoms. The number of carboxylic acid groups (broad SMARTS) is 1. The molecular formula is C11H11NO4S2. The highest BCUT2D eigenvalue weighted by Crippen LogP contribution is 2.28. The van der Waals surface area contributed by atoms with Crippen molar-refractivity contribution >= 4 is 40.1 Å². The lowest BCUT2D eigenvalue weighted by Gasteiger charge is -2.12. The number of amides is 1. The lowest BCUT2D eigenvalue weighted by molar-refractivity contribution is -0.142. The fourth-order valence-electron chi connectivity index (χ4n) is 1.72. The van der Waals surface area contributed by atoms with Crippen LogP contribution in [0.15, 0.2) is 17.5 Å². The summed E-state index contributed by atoms with van der Waals surface area (Å²) >= 11 is 2.33. The third-order valence-electron chi connectivity index (χ3n) is 2.55. The van der Waals surface area contributed by atoms with E-state index in [4.69, 9.17) is 5.11 Å². The molecule has 7 heteroatoms. The van der Waals surface area contributed by atoms with Gasteiger partial charge in [-0.3, -0.25) is 14.4 Å². The van der Waals surface area contributed by atoms with E-state index in [0.29, 0.717) is 17.8 Å². The summed E-state index contributed by atoms with van der Waals surface area (Å²) in [6, 6.07) is 3.50. The Morgan fingerprint density at radius 3 is 2.94 bits per heavy atom. The van der Waals surface area contributed by atoms with E-state index >= 15 is 0 Å². The first kappa shape index (κ1) is 13.1. The van der Waals surface area contributed by atoms with Gasteiger partial charge in [0, 0.05) is 6.54 Å². The molecule has 2 rings (SSSR count). The zero-order chi connectivity index (χ0) is 13.1. The lowest BCUT2D eigenvalue weighted by atomic mass is 10.4. The number of aliphatic carboxylic acids is 1. The Hall–Kier alpha value is -1.34. The van der Waals surface area contributed by atoms with Crippen LogP contribution in [-0.2, 0) is 9.59 Å². The number of thioether (sulfide) groups is 1. The van der Waals surface area contributed by atoms with Crippen LogP contribution in [0.25, 0.3) is 0 Å². The van der Waals surface area contributed by atoms with Crippen LogP contribution in [0.3, 0.4) is 0 Å². The lowest BCUT2D eigenvalue weighted by Crippen LogP contribution is -2.33. The topological polar surface area (TPSA) is 74.7 Å². The Morgan fingerprint density at radius 1 is 1.56 bits per heavy atom. The Labute approximate surface area is 112 Å². The van der Waals surface area contributed by atoms with Crippen LogP contribution in [0.5, 0.6) is 0 Å². The highest BCUT2D eigenvalue weighted by atomic mass is 32.2. The second kappa shape index (κ2) is 5.53. The fraction of sp³-hybridized carbons (Fsp3) is 0.364. The number of carbonyl (C=O) groups excluding carboxylic acids is 2. The minimum absolute atomic E-state index is 0.125. The van der Waals surface area contributed by atoms with Crippen LogP contribution in [0.4, 0.5) is 0 Å². The van der Waals surface area contributed by atoms with Gasteiger partial charge in [-0.2, -0.15) is 0 Å². The molecule has 0 saturated carbocycles. The molecule has 1 fully saturated rings. The summed E-state index contributed by atoms with van der Waals surface area (Å²) in [5.74, 6) is -1.29. The molecule has 96 valence electrons. The van der Waals surface area contributed by atoms with Gasteiger partial charge < -0.3 is 10.0 Å². The monoisotopic (exact) mass is 285 g/mol. The molecule has 1 atom stereocenters. The first-order chi connectivity index (χ1) is 8.58. The summed E-state index contributed by atoms with van der Waals surface area (Å²) < 4.78 is 0. The first-order valence-corrected chi connectivity index (χ1v) is 7.09. The molecule has 1 aliphatic rings. The van der Waals surface area contributed by atoms with Crippen molar-refractivity contribution in [1.29, 1.82) is 0 Å². The number of hydrogen-bond acceptors (Lipinski definition) is 5. The maximum atomic E-state index is 11.8. The summed E-state index contributed by atoms with van der Waals surface area (Å²) in [4.78, 5) is 36.1. The molecule has 1 aromatic heterocycles. The minimum atomic E-state index is -1.03. The van der Waals surface area contributed by atoms with E-state index < -0.39 is 11.2 Å². The van der Waals surface area contributed by atoms with Gasteiger partial charge in [0.2, 0.25) is 11.0 Å². The molecule has 0 bridgehead atoms. The summed E-state index contributed by atoms with van der Waals surface area (Å²) in [6.45, 7) is 0.115. The Kier molecular flexibility index (Phi) is 4.03. The van der Waals surface area contributed by atoms with E-state index in [9.17, 15) is 14.4 Å². The maximum absolute atomic E-state index is 11.8. The molecule has 1 unspecified atom stereocenters. The fourth-order valence-corrected chi connectivity index (χ4v) is 3.48. The molecule has 1 N–H and O–H groups in total. The minimum Gasteiger partial charge on any atom is -0.480 e. The summed E-state index contributed by atoms with van der Waals surface area (Å²) in [7, 11) is 0. The van der Waals surface area contributed by atoms with Crippen molar-refractivity contribution in [3.8, 4) is 0 Å². The van der Waals surface area contributed by atoms with E-state index in [2.05, 4.69) is 0 Å². The van der Waals surface area contributed by atoms with Crippen molar-refractivity contribution in [2.75, 3.05) is 13.1 Å². The van der Waals surface area contributed by atoms with E-state index in [1.165, 1.54) is 16.2 Å². The third kappa shape index (κ3) is 2.91. The average Bonchev–Trinajstić information content (AvgIpc) is 2.93. The van der Waals surface area contributed by atoms with Crippen molar-refractivity contribution in [3.63, 3.8) is 0 Å². The van der Waals surface area contributed by atoms with Crippen molar-refractivity contribution in [2.24, 2.45) is 0 Å². The Bertz CT molecular complexity index is 471. The van der Waals surface area contributed by atoms with Crippen molar-refractivity contribution in [3.05, 3.63) is 22.4 Å². The van der Waals surface area contributed by atoms with Crippen LogP contribution < -0.4 is 0 Å². The molecule has 5 nitrogen and oxygen atoms in total. The van der Waals surface area contributed by atoms with Crippen molar-refractivity contribution in [1.82, 2.24) is 4.90 Å². The molecule has 1 saturated heterocycles. The Balaban J connectivity index is 1.94. The van der Waals surface area contributed by atoms with Gasteiger partial charge in [-0.1, -0.05) is 17.8 Å². The number of carboxylic acids is 1. The zero-order valence-corrected chi connectivity index (χ0v) is 11.0. The summed E-state index contributed by atoms with van der Waals surface area (Å²) in [5.41, 5.74) is 0. The van der Waals surface area contributed by atoms with Crippen LogP contribution in [0.1, 0.15) is 16.1 Å². The molecule has 18 heavy (non-hydrogen) atoms. The molecule has 0 radical (unpaired) electrons. The average molecular weight is 285 g/mol. The smallest absolute Gasteiger partial charge is 0.323 e. The standard InChI is InChI=1S/C11H11NO4S2/c13-9(14)6-12-4-3-7(10(12)15)18-11(16)8-2-1-5-17-8/h1-2,5,7H,3-4,6H2,(H,13,14). The number of likely N-dealkylation sites (tertiary alicyclic amines) is 1. The molecular weight excluding hydrogens is 274 g/mol.